The maximum atomic E-state index is 12.4. The molecule has 1 saturated carbocycles. The maximum absolute atomic E-state index is 12.4. The maximum Gasteiger partial charge on any atom is 0.317 e. The summed E-state index contributed by atoms with van der Waals surface area (Å²) < 4.78 is 10.7. The number of nitrogens with one attached hydrogen (secondary N) is 1. The van der Waals surface area contributed by atoms with E-state index in [9.17, 15) is 4.79 Å². The summed E-state index contributed by atoms with van der Waals surface area (Å²) in [5.74, 6) is 1.40. The van der Waals surface area contributed by atoms with Crippen LogP contribution in [0.15, 0.2) is 10.6 Å². The Morgan fingerprint density at radius 1 is 1.40 bits per heavy atom. The van der Waals surface area contributed by atoms with Gasteiger partial charge in [-0.15, -0.1) is 0 Å². The minimum Gasteiger partial charge on any atom is -0.378 e. The lowest BCUT2D eigenvalue weighted by atomic mass is 9.57. The van der Waals surface area contributed by atoms with E-state index in [4.69, 9.17) is 9.26 Å². The number of hydrogen-bond acceptors (Lipinski definition) is 5. The molecule has 0 unspecified atom stereocenters. The van der Waals surface area contributed by atoms with Gasteiger partial charge in [-0.3, -0.25) is 0 Å². The third kappa shape index (κ3) is 4.15. The number of ether oxygens (including phenoxy) is 1. The van der Waals surface area contributed by atoms with E-state index in [0.29, 0.717) is 32.2 Å². The Hall–Kier alpha value is -1.60. The summed E-state index contributed by atoms with van der Waals surface area (Å²) in [4.78, 5) is 16.3. The molecule has 1 aliphatic heterocycles. The molecule has 140 valence electrons. The average molecular weight is 350 g/mol. The van der Waals surface area contributed by atoms with E-state index in [1.54, 1.807) is 0 Å². The van der Waals surface area contributed by atoms with E-state index in [1.165, 1.54) is 0 Å². The van der Waals surface area contributed by atoms with E-state index in [0.717, 1.165) is 30.8 Å². The lowest BCUT2D eigenvalue weighted by Gasteiger charge is -2.52. The van der Waals surface area contributed by atoms with Gasteiger partial charge in [-0.25, -0.2) is 4.79 Å². The molecule has 2 aliphatic rings. The molecule has 1 N–H and O–H groups in total. The lowest BCUT2D eigenvalue weighted by Crippen LogP contribution is -2.61. The molecule has 0 aromatic carbocycles. The number of rotatable bonds is 5. The van der Waals surface area contributed by atoms with Gasteiger partial charge < -0.3 is 24.4 Å². The van der Waals surface area contributed by atoms with E-state index < -0.39 is 0 Å². The summed E-state index contributed by atoms with van der Waals surface area (Å²) >= 11 is 0. The molecule has 0 bridgehead atoms. The molecule has 2 atom stereocenters. The van der Waals surface area contributed by atoms with Crippen LogP contribution >= 0.6 is 0 Å². The lowest BCUT2D eigenvalue weighted by molar-refractivity contribution is 0.0101. The minimum absolute atomic E-state index is 0.0366. The van der Waals surface area contributed by atoms with Crippen LogP contribution in [0.2, 0.25) is 0 Å². The van der Waals surface area contributed by atoms with Gasteiger partial charge in [0, 0.05) is 25.2 Å². The first-order valence-corrected chi connectivity index (χ1v) is 9.08. The normalized spacial score (nSPS) is 25.7. The van der Waals surface area contributed by atoms with E-state index in [-0.39, 0.29) is 17.5 Å². The van der Waals surface area contributed by atoms with Gasteiger partial charge in [0.15, 0.2) is 5.76 Å². The fourth-order valence-corrected chi connectivity index (χ4v) is 3.70. The van der Waals surface area contributed by atoms with Crippen LogP contribution in [0.4, 0.5) is 4.79 Å². The number of carbonyl (C=O) groups excluding carboxylic acids is 1. The predicted octanol–water partition coefficient (Wildman–Crippen LogP) is 1.74. The van der Waals surface area contributed by atoms with Crippen molar-refractivity contribution >= 4 is 6.03 Å². The highest BCUT2D eigenvalue weighted by molar-refractivity contribution is 5.74. The number of hydrogen-bond donors (Lipinski definition) is 1. The number of aromatic nitrogens is 1. The minimum atomic E-state index is 0.0366. The summed E-state index contributed by atoms with van der Waals surface area (Å²) in [6.45, 7) is 7.83. The van der Waals surface area contributed by atoms with Crippen molar-refractivity contribution in [3.63, 3.8) is 0 Å². The zero-order valence-corrected chi connectivity index (χ0v) is 15.7. The number of morpholine rings is 1. The number of nitrogens with zero attached hydrogens (tertiary/aromatic N) is 3. The quantitative estimate of drug-likeness (QED) is 0.876. The Kier molecular flexibility index (Phi) is 5.34. The summed E-state index contributed by atoms with van der Waals surface area (Å²) in [6.07, 6.45) is 1.88. The zero-order chi connectivity index (χ0) is 18.0. The average Bonchev–Trinajstić information content (AvgIpc) is 3.01. The van der Waals surface area contributed by atoms with Crippen LogP contribution in [-0.4, -0.2) is 67.4 Å². The Balaban J connectivity index is 1.51. The summed E-state index contributed by atoms with van der Waals surface area (Å²) in [7, 11) is 4.03. The van der Waals surface area contributed by atoms with Gasteiger partial charge in [-0.1, -0.05) is 19.0 Å². The summed E-state index contributed by atoms with van der Waals surface area (Å²) in [5, 5.41) is 7.41. The Morgan fingerprint density at radius 3 is 2.76 bits per heavy atom. The van der Waals surface area contributed by atoms with Crippen molar-refractivity contribution in [2.45, 2.75) is 39.3 Å². The summed E-state index contributed by atoms with van der Waals surface area (Å²) in [6, 6.07) is 2.30. The molecule has 1 aliphatic carbocycles. The van der Waals surface area contributed by atoms with Crippen molar-refractivity contribution in [1.82, 2.24) is 20.3 Å². The standard InChI is InChI=1S/C18H30N4O3/c1-18(2)13(9-14-11-15(25-20-14)12-21(3)4)10-16(18)19-17(23)22-5-7-24-8-6-22/h11,13,16H,5-10,12H2,1-4H3,(H,19,23)/t13-,16+/m1/s1. The Bertz CT molecular complexity index is 593. The van der Waals surface area contributed by atoms with E-state index >= 15 is 0 Å². The van der Waals surface area contributed by atoms with E-state index in [1.807, 2.05) is 19.0 Å². The number of amides is 2. The molecule has 0 spiro atoms. The van der Waals surface area contributed by atoms with Crippen LogP contribution in [0.1, 0.15) is 31.7 Å². The molecule has 1 saturated heterocycles. The van der Waals surface area contributed by atoms with Gasteiger partial charge in [0.2, 0.25) is 0 Å². The molecular weight excluding hydrogens is 320 g/mol. The fourth-order valence-electron chi connectivity index (χ4n) is 3.70. The second-order valence-electron chi connectivity index (χ2n) is 8.08. The molecule has 3 rings (SSSR count). The van der Waals surface area contributed by atoms with Gasteiger partial charge in [-0.05, 0) is 38.3 Å². The van der Waals surface area contributed by atoms with Gasteiger partial charge in [-0.2, -0.15) is 0 Å². The Morgan fingerprint density at radius 2 is 2.12 bits per heavy atom. The second-order valence-corrected chi connectivity index (χ2v) is 8.08. The van der Waals surface area contributed by atoms with Crippen molar-refractivity contribution < 1.29 is 14.1 Å². The molecule has 2 fully saturated rings. The topological polar surface area (TPSA) is 70.8 Å². The highest BCUT2D eigenvalue weighted by Gasteiger charge is 2.49. The molecule has 2 heterocycles. The van der Waals surface area contributed by atoms with Gasteiger partial charge in [0.1, 0.15) is 0 Å². The fraction of sp³-hybridized carbons (Fsp3) is 0.778. The largest absolute Gasteiger partial charge is 0.378 e. The zero-order valence-electron chi connectivity index (χ0n) is 15.7. The van der Waals surface area contributed by atoms with Crippen LogP contribution in [0.3, 0.4) is 0 Å². The predicted molar refractivity (Wildman–Crippen MR) is 94.2 cm³/mol. The molecule has 1 aromatic rings. The SMILES string of the molecule is CN(C)Cc1cc(C[C@@H]2C[C@H](NC(=O)N3CCOCC3)C2(C)C)no1. The highest BCUT2D eigenvalue weighted by Crippen LogP contribution is 2.47. The molecule has 25 heavy (non-hydrogen) atoms. The first-order valence-electron chi connectivity index (χ1n) is 9.08. The third-order valence-electron chi connectivity index (χ3n) is 5.60. The molecular formula is C18H30N4O3. The molecule has 7 heteroatoms. The first kappa shape index (κ1) is 18.2. The van der Waals surface area contributed by atoms with Crippen LogP contribution in [0, 0.1) is 11.3 Å². The van der Waals surface area contributed by atoms with Gasteiger partial charge in [0.25, 0.3) is 0 Å². The molecule has 7 nitrogen and oxygen atoms in total. The third-order valence-corrected chi connectivity index (χ3v) is 5.60. The first-order chi connectivity index (χ1) is 11.9. The van der Waals surface area contributed by atoms with Crippen LogP contribution in [0.5, 0.6) is 0 Å². The van der Waals surface area contributed by atoms with Crippen molar-refractivity contribution in [3.8, 4) is 0 Å². The number of carbonyl (C=O) groups is 1. The van der Waals surface area contributed by atoms with Gasteiger partial charge >= 0.3 is 6.03 Å². The van der Waals surface area contributed by atoms with Crippen molar-refractivity contribution in [2.75, 3.05) is 40.4 Å². The number of urea groups is 1. The summed E-state index contributed by atoms with van der Waals surface area (Å²) in [5.41, 5.74) is 1.07. The second kappa shape index (κ2) is 7.33. The van der Waals surface area contributed by atoms with Crippen LogP contribution < -0.4 is 5.32 Å². The van der Waals surface area contributed by atoms with Gasteiger partial charge in [0.05, 0.1) is 25.5 Å². The van der Waals surface area contributed by atoms with Crippen LogP contribution in [-0.2, 0) is 17.7 Å². The van der Waals surface area contributed by atoms with Crippen LogP contribution in [0.25, 0.3) is 0 Å². The van der Waals surface area contributed by atoms with Crippen molar-refractivity contribution in [3.05, 3.63) is 17.5 Å². The smallest absolute Gasteiger partial charge is 0.317 e. The highest BCUT2D eigenvalue weighted by atomic mass is 16.5. The van der Waals surface area contributed by atoms with Crippen molar-refractivity contribution in [2.24, 2.45) is 11.3 Å². The molecule has 0 radical (unpaired) electrons. The van der Waals surface area contributed by atoms with E-state index in [2.05, 4.69) is 35.3 Å². The Labute approximate surface area is 149 Å². The van der Waals surface area contributed by atoms with Crippen molar-refractivity contribution in [1.29, 1.82) is 0 Å². The molecule has 2 amide bonds. The monoisotopic (exact) mass is 350 g/mol. The molecule has 1 aromatic heterocycles.